The normalized spacial score (nSPS) is 18.2. The SMILES string of the molecule is C=CCOc1c(C)c(Cc2ccc(CC)cc2)cc(C2CC(OCc3ccccc3)CC(COCc3ccccc3)O2)c1Br. The van der Waals surface area contributed by atoms with Crippen LogP contribution in [0.1, 0.15) is 64.8 Å². The summed E-state index contributed by atoms with van der Waals surface area (Å²) in [4.78, 5) is 0. The molecule has 1 saturated heterocycles. The van der Waals surface area contributed by atoms with E-state index in [-0.39, 0.29) is 18.3 Å². The minimum absolute atomic E-state index is 0.0232. The highest BCUT2D eigenvalue weighted by atomic mass is 79.9. The molecular formula is C39H43BrO4. The molecule has 3 atom stereocenters. The van der Waals surface area contributed by atoms with Crippen molar-refractivity contribution in [2.24, 2.45) is 0 Å². The fourth-order valence-electron chi connectivity index (χ4n) is 5.73. The number of hydrogen-bond donors (Lipinski definition) is 0. The molecular weight excluding hydrogens is 612 g/mol. The molecule has 5 heteroatoms. The molecule has 0 bridgehead atoms. The number of ether oxygens (including phenoxy) is 4. The highest BCUT2D eigenvalue weighted by Gasteiger charge is 2.34. The Morgan fingerprint density at radius 2 is 1.52 bits per heavy atom. The summed E-state index contributed by atoms with van der Waals surface area (Å²) >= 11 is 3.92. The summed E-state index contributed by atoms with van der Waals surface area (Å²) in [6.45, 7) is 10.2. The maximum Gasteiger partial charge on any atom is 0.137 e. The van der Waals surface area contributed by atoms with E-state index < -0.39 is 0 Å². The van der Waals surface area contributed by atoms with Gasteiger partial charge in [0, 0.05) is 12.8 Å². The maximum atomic E-state index is 6.80. The Bertz CT molecular complexity index is 1470. The summed E-state index contributed by atoms with van der Waals surface area (Å²) in [5.74, 6) is 0.843. The van der Waals surface area contributed by atoms with Crippen LogP contribution in [-0.2, 0) is 40.3 Å². The van der Waals surface area contributed by atoms with E-state index in [1.54, 1.807) is 6.08 Å². The van der Waals surface area contributed by atoms with Gasteiger partial charge in [0.15, 0.2) is 0 Å². The summed E-state index contributed by atoms with van der Waals surface area (Å²) < 4.78 is 26.7. The van der Waals surface area contributed by atoms with Crippen molar-refractivity contribution in [3.63, 3.8) is 0 Å². The molecule has 0 N–H and O–H groups in total. The fourth-order valence-corrected chi connectivity index (χ4v) is 6.51. The molecule has 230 valence electrons. The summed E-state index contributed by atoms with van der Waals surface area (Å²) in [5, 5.41) is 0. The lowest BCUT2D eigenvalue weighted by Gasteiger charge is -2.36. The smallest absolute Gasteiger partial charge is 0.137 e. The van der Waals surface area contributed by atoms with E-state index in [2.05, 4.69) is 103 Å². The quantitative estimate of drug-likeness (QED) is 0.127. The predicted octanol–water partition coefficient (Wildman–Crippen LogP) is 9.50. The minimum atomic E-state index is -0.183. The Morgan fingerprint density at radius 1 is 0.864 bits per heavy atom. The molecule has 1 heterocycles. The molecule has 0 saturated carbocycles. The van der Waals surface area contributed by atoms with Crippen LogP contribution in [0.15, 0.2) is 108 Å². The monoisotopic (exact) mass is 654 g/mol. The molecule has 0 spiro atoms. The second-order valence-electron chi connectivity index (χ2n) is 11.5. The molecule has 0 aliphatic carbocycles. The number of rotatable bonds is 14. The van der Waals surface area contributed by atoms with Gasteiger partial charge in [0.1, 0.15) is 12.4 Å². The van der Waals surface area contributed by atoms with Crippen LogP contribution in [0.3, 0.4) is 0 Å². The average Bonchev–Trinajstić information content (AvgIpc) is 3.06. The van der Waals surface area contributed by atoms with Crippen molar-refractivity contribution in [3.8, 4) is 5.75 Å². The van der Waals surface area contributed by atoms with Crippen LogP contribution in [-0.4, -0.2) is 25.4 Å². The topological polar surface area (TPSA) is 36.9 Å². The first-order valence-corrected chi connectivity index (χ1v) is 16.4. The summed E-state index contributed by atoms with van der Waals surface area (Å²) in [6, 6.07) is 31.8. The Labute approximate surface area is 271 Å². The lowest BCUT2D eigenvalue weighted by Crippen LogP contribution is -2.36. The van der Waals surface area contributed by atoms with Gasteiger partial charge >= 0.3 is 0 Å². The van der Waals surface area contributed by atoms with Gasteiger partial charge in [-0.25, -0.2) is 0 Å². The third-order valence-electron chi connectivity index (χ3n) is 8.23. The van der Waals surface area contributed by atoms with Gasteiger partial charge in [0.25, 0.3) is 0 Å². The first-order chi connectivity index (χ1) is 21.5. The highest BCUT2D eigenvalue weighted by Crippen LogP contribution is 2.43. The molecule has 1 fully saturated rings. The number of benzene rings is 4. The lowest BCUT2D eigenvalue weighted by molar-refractivity contribution is -0.142. The van der Waals surface area contributed by atoms with Gasteiger partial charge in [0.2, 0.25) is 0 Å². The zero-order valence-corrected chi connectivity index (χ0v) is 27.4. The van der Waals surface area contributed by atoms with E-state index in [1.807, 2.05) is 24.3 Å². The van der Waals surface area contributed by atoms with Crippen molar-refractivity contribution >= 4 is 15.9 Å². The molecule has 3 unspecified atom stereocenters. The van der Waals surface area contributed by atoms with Crippen molar-refractivity contribution in [1.29, 1.82) is 0 Å². The predicted molar refractivity (Wildman–Crippen MR) is 181 cm³/mol. The highest BCUT2D eigenvalue weighted by molar-refractivity contribution is 9.10. The first kappa shape index (κ1) is 32.2. The molecule has 1 aliphatic rings. The van der Waals surface area contributed by atoms with Crippen LogP contribution < -0.4 is 4.74 Å². The summed E-state index contributed by atoms with van der Waals surface area (Å²) in [7, 11) is 0. The van der Waals surface area contributed by atoms with Crippen LogP contribution in [0.4, 0.5) is 0 Å². The van der Waals surface area contributed by atoms with Crippen molar-refractivity contribution in [2.75, 3.05) is 13.2 Å². The molecule has 0 aromatic heterocycles. The molecule has 5 rings (SSSR count). The molecule has 4 nitrogen and oxygen atoms in total. The van der Waals surface area contributed by atoms with E-state index in [0.29, 0.717) is 26.4 Å². The van der Waals surface area contributed by atoms with Crippen molar-refractivity contribution in [3.05, 3.63) is 147 Å². The molecule has 4 aromatic carbocycles. The first-order valence-electron chi connectivity index (χ1n) is 15.6. The number of aryl methyl sites for hydroxylation is 1. The van der Waals surface area contributed by atoms with Crippen LogP contribution in [0, 0.1) is 6.92 Å². The molecule has 44 heavy (non-hydrogen) atoms. The third kappa shape index (κ3) is 8.70. The van der Waals surface area contributed by atoms with Gasteiger partial charge in [-0.3, -0.25) is 0 Å². The third-order valence-corrected chi connectivity index (χ3v) is 9.04. The van der Waals surface area contributed by atoms with Crippen molar-refractivity contribution in [1.82, 2.24) is 0 Å². The van der Waals surface area contributed by atoms with Crippen molar-refractivity contribution in [2.45, 2.75) is 71.1 Å². The Balaban J connectivity index is 1.41. The van der Waals surface area contributed by atoms with Crippen LogP contribution in [0.25, 0.3) is 0 Å². The van der Waals surface area contributed by atoms with Gasteiger partial charge in [-0.15, -0.1) is 0 Å². The van der Waals surface area contributed by atoms with E-state index >= 15 is 0 Å². The van der Waals surface area contributed by atoms with E-state index in [9.17, 15) is 0 Å². The minimum Gasteiger partial charge on any atom is -0.488 e. The van der Waals surface area contributed by atoms with Gasteiger partial charge < -0.3 is 18.9 Å². The van der Waals surface area contributed by atoms with Gasteiger partial charge in [0.05, 0.1) is 42.6 Å². The van der Waals surface area contributed by atoms with Crippen LogP contribution in [0.2, 0.25) is 0 Å². The molecule has 0 radical (unpaired) electrons. The van der Waals surface area contributed by atoms with E-state index in [0.717, 1.165) is 52.6 Å². The van der Waals surface area contributed by atoms with Gasteiger partial charge in [-0.1, -0.05) is 111 Å². The Kier molecular flexibility index (Phi) is 11.8. The summed E-state index contributed by atoms with van der Waals surface area (Å²) in [6.07, 6.45) is 4.88. The summed E-state index contributed by atoms with van der Waals surface area (Å²) in [5.41, 5.74) is 8.36. The largest absolute Gasteiger partial charge is 0.488 e. The van der Waals surface area contributed by atoms with Crippen LogP contribution in [0.5, 0.6) is 5.75 Å². The number of hydrogen-bond acceptors (Lipinski definition) is 4. The standard InChI is InChI=1S/C39H43BrO4/c1-4-20-42-39-28(3)33(21-30-18-16-29(5-2)17-19-30)22-36(38(39)40)37-24-34(43-26-32-14-10-7-11-15-32)23-35(44-37)27-41-25-31-12-8-6-9-13-31/h4,6-19,22,34-35,37H,1,5,20-21,23-27H2,2-3H3. The zero-order valence-electron chi connectivity index (χ0n) is 25.8. The molecule has 4 aromatic rings. The zero-order chi connectivity index (χ0) is 30.7. The van der Waals surface area contributed by atoms with E-state index in [1.165, 1.54) is 22.3 Å². The lowest BCUT2D eigenvalue weighted by atomic mass is 9.91. The van der Waals surface area contributed by atoms with Crippen LogP contribution >= 0.6 is 15.9 Å². The molecule has 0 amide bonds. The second-order valence-corrected chi connectivity index (χ2v) is 12.3. The molecule has 1 aliphatic heterocycles. The number of halogens is 1. The van der Waals surface area contributed by atoms with E-state index in [4.69, 9.17) is 18.9 Å². The van der Waals surface area contributed by atoms with Gasteiger partial charge in [-0.05, 0) is 74.6 Å². The fraction of sp³-hybridized carbons (Fsp3) is 0.333. The maximum absolute atomic E-state index is 6.80. The average molecular weight is 656 g/mol. The van der Waals surface area contributed by atoms with Crippen molar-refractivity contribution < 1.29 is 18.9 Å². The Morgan fingerprint density at radius 3 is 2.18 bits per heavy atom. The Hall–Kier alpha value is -3.22. The van der Waals surface area contributed by atoms with Gasteiger partial charge in [-0.2, -0.15) is 0 Å². The second kappa shape index (κ2) is 16.2.